The van der Waals surface area contributed by atoms with Gasteiger partial charge in [-0.1, -0.05) is 43.7 Å². The summed E-state index contributed by atoms with van der Waals surface area (Å²) in [5.74, 6) is 0.723. The lowest BCUT2D eigenvalue weighted by Crippen LogP contribution is -2.46. The van der Waals surface area contributed by atoms with Crippen LogP contribution < -0.4 is 5.73 Å². The molecule has 2 N–H and O–H groups in total. The van der Waals surface area contributed by atoms with Gasteiger partial charge in [0.2, 0.25) is 5.91 Å². The SMILES string of the molecule is CCC[C@H](N)C(=O)N1CCC(c2ccccc2)CC1. The summed E-state index contributed by atoms with van der Waals surface area (Å²) in [5, 5.41) is 0. The summed E-state index contributed by atoms with van der Waals surface area (Å²) in [4.78, 5) is 14.1. The van der Waals surface area contributed by atoms with Gasteiger partial charge < -0.3 is 10.6 Å². The second kappa shape index (κ2) is 6.71. The molecule has 0 spiro atoms. The number of likely N-dealkylation sites (tertiary alicyclic amines) is 1. The predicted octanol–water partition coefficient (Wildman–Crippen LogP) is 2.52. The Balaban J connectivity index is 1.87. The third kappa shape index (κ3) is 3.57. The van der Waals surface area contributed by atoms with Crippen molar-refractivity contribution in [1.29, 1.82) is 0 Å². The Hall–Kier alpha value is -1.35. The van der Waals surface area contributed by atoms with Gasteiger partial charge in [0.05, 0.1) is 6.04 Å². The van der Waals surface area contributed by atoms with Crippen LogP contribution in [0.1, 0.15) is 44.1 Å². The van der Waals surface area contributed by atoms with Gasteiger partial charge in [-0.2, -0.15) is 0 Å². The summed E-state index contributed by atoms with van der Waals surface area (Å²) in [6, 6.07) is 10.3. The molecule has 19 heavy (non-hydrogen) atoms. The quantitative estimate of drug-likeness (QED) is 0.904. The Bertz CT molecular complexity index is 396. The Labute approximate surface area is 115 Å². The van der Waals surface area contributed by atoms with Crippen LogP contribution in [0, 0.1) is 0 Å². The van der Waals surface area contributed by atoms with Crippen LogP contribution in [0.3, 0.4) is 0 Å². The Morgan fingerprint density at radius 1 is 1.32 bits per heavy atom. The first kappa shape index (κ1) is 14.1. The monoisotopic (exact) mass is 260 g/mol. The molecule has 0 aromatic heterocycles. The van der Waals surface area contributed by atoms with Gasteiger partial charge in [-0.05, 0) is 30.7 Å². The summed E-state index contributed by atoms with van der Waals surface area (Å²) < 4.78 is 0. The summed E-state index contributed by atoms with van der Waals surface area (Å²) in [6.07, 6.45) is 3.86. The first-order valence-corrected chi connectivity index (χ1v) is 7.31. The zero-order chi connectivity index (χ0) is 13.7. The van der Waals surface area contributed by atoms with Crippen LogP contribution >= 0.6 is 0 Å². The van der Waals surface area contributed by atoms with E-state index in [4.69, 9.17) is 5.73 Å². The van der Waals surface area contributed by atoms with E-state index >= 15 is 0 Å². The van der Waals surface area contributed by atoms with E-state index in [-0.39, 0.29) is 11.9 Å². The number of amides is 1. The van der Waals surface area contributed by atoms with Gasteiger partial charge in [0, 0.05) is 13.1 Å². The third-order valence-electron chi connectivity index (χ3n) is 3.99. The molecule has 1 amide bonds. The van der Waals surface area contributed by atoms with Gasteiger partial charge in [0.15, 0.2) is 0 Å². The minimum absolute atomic E-state index is 0.133. The van der Waals surface area contributed by atoms with Crippen LogP contribution in [-0.4, -0.2) is 29.9 Å². The molecular formula is C16H24N2O. The van der Waals surface area contributed by atoms with Crippen molar-refractivity contribution >= 4 is 5.91 Å². The Morgan fingerprint density at radius 2 is 1.95 bits per heavy atom. The van der Waals surface area contributed by atoms with Gasteiger partial charge in [-0.15, -0.1) is 0 Å². The lowest BCUT2D eigenvalue weighted by atomic mass is 9.89. The third-order valence-corrected chi connectivity index (χ3v) is 3.99. The second-order valence-corrected chi connectivity index (χ2v) is 5.41. The minimum Gasteiger partial charge on any atom is -0.341 e. The predicted molar refractivity (Wildman–Crippen MR) is 77.9 cm³/mol. The maximum atomic E-state index is 12.1. The molecule has 3 nitrogen and oxygen atoms in total. The van der Waals surface area contributed by atoms with Crippen molar-refractivity contribution in [2.75, 3.05) is 13.1 Å². The maximum Gasteiger partial charge on any atom is 0.239 e. The summed E-state index contributed by atoms with van der Waals surface area (Å²) >= 11 is 0. The average molecular weight is 260 g/mol. The number of nitrogens with zero attached hydrogens (tertiary/aromatic N) is 1. The van der Waals surface area contributed by atoms with Crippen LogP contribution in [0.25, 0.3) is 0 Å². The summed E-state index contributed by atoms with van der Waals surface area (Å²) in [5.41, 5.74) is 7.31. The molecule has 1 fully saturated rings. The maximum absolute atomic E-state index is 12.1. The van der Waals surface area contributed by atoms with Crippen molar-refractivity contribution in [3.05, 3.63) is 35.9 Å². The molecule has 0 radical (unpaired) electrons. The van der Waals surface area contributed by atoms with E-state index in [0.29, 0.717) is 5.92 Å². The number of carbonyl (C=O) groups is 1. The van der Waals surface area contributed by atoms with Crippen molar-refractivity contribution in [3.8, 4) is 0 Å². The highest BCUT2D eigenvalue weighted by molar-refractivity contribution is 5.81. The highest BCUT2D eigenvalue weighted by Crippen LogP contribution is 2.27. The van der Waals surface area contributed by atoms with E-state index in [2.05, 4.69) is 31.2 Å². The average Bonchev–Trinajstić information content (AvgIpc) is 2.48. The molecule has 104 valence electrons. The summed E-state index contributed by atoms with van der Waals surface area (Å²) in [7, 11) is 0. The van der Waals surface area contributed by atoms with Gasteiger partial charge in [-0.25, -0.2) is 0 Å². The molecule has 1 atom stereocenters. The minimum atomic E-state index is -0.307. The molecule has 1 aromatic rings. The van der Waals surface area contributed by atoms with E-state index in [1.165, 1.54) is 5.56 Å². The topological polar surface area (TPSA) is 46.3 Å². The standard InChI is InChI=1S/C16H24N2O/c1-2-6-15(17)16(19)18-11-9-14(10-12-18)13-7-4-3-5-8-13/h3-5,7-8,14-15H,2,6,9-12,17H2,1H3/t15-/m0/s1. The number of carbonyl (C=O) groups excluding carboxylic acids is 1. The molecule has 1 aliphatic heterocycles. The molecule has 1 aromatic carbocycles. The number of piperidine rings is 1. The van der Waals surface area contributed by atoms with Gasteiger partial charge in [0.25, 0.3) is 0 Å². The lowest BCUT2D eigenvalue weighted by Gasteiger charge is -2.33. The lowest BCUT2D eigenvalue weighted by molar-refractivity contribution is -0.133. The Kier molecular flexibility index (Phi) is 4.97. The number of benzene rings is 1. The highest BCUT2D eigenvalue weighted by atomic mass is 16.2. The molecule has 3 heteroatoms. The molecule has 0 saturated carbocycles. The number of hydrogen-bond acceptors (Lipinski definition) is 2. The normalized spacial score (nSPS) is 18.3. The molecule has 1 saturated heterocycles. The molecule has 1 aliphatic rings. The molecule has 2 rings (SSSR count). The fourth-order valence-corrected chi connectivity index (χ4v) is 2.83. The fraction of sp³-hybridized carbons (Fsp3) is 0.562. The number of rotatable bonds is 4. The van der Waals surface area contributed by atoms with Crippen LogP contribution in [0.2, 0.25) is 0 Å². The van der Waals surface area contributed by atoms with E-state index in [0.717, 1.165) is 38.8 Å². The van der Waals surface area contributed by atoms with Gasteiger partial charge in [-0.3, -0.25) is 4.79 Å². The van der Waals surface area contributed by atoms with Crippen molar-refractivity contribution in [1.82, 2.24) is 4.90 Å². The highest BCUT2D eigenvalue weighted by Gasteiger charge is 2.26. The summed E-state index contributed by atoms with van der Waals surface area (Å²) in [6.45, 7) is 3.75. The molecule has 0 unspecified atom stereocenters. The molecule has 0 aliphatic carbocycles. The Morgan fingerprint density at radius 3 is 2.53 bits per heavy atom. The van der Waals surface area contributed by atoms with E-state index in [1.807, 2.05) is 11.0 Å². The van der Waals surface area contributed by atoms with Crippen LogP contribution in [-0.2, 0) is 4.79 Å². The van der Waals surface area contributed by atoms with E-state index in [9.17, 15) is 4.79 Å². The first-order chi connectivity index (χ1) is 9.22. The zero-order valence-electron chi connectivity index (χ0n) is 11.7. The van der Waals surface area contributed by atoms with Crippen molar-refractivity contribution < 1.29 is 4.79 Å². The van der Waals surface area contributed by atoms with E-state index in [1.54, 1.807) is 0 Å². The van der Waals surface area contributed by atoms with Crippen LogP contribution in [0.4, 0.5) is 0 Å². The number of nitrogens with two attached hydrogens (primary N) is 1. The molecular weight excluding hydrogens is 236 g/mol. The first-order valence-electron chi connectivity index (χ1n) is 7.31. The van der Waals surface area contributed by atoms with Crippen molar-refractivity contribution in [2.45, 2.75) is 44.6 Å². The second-order valence-electron chi connectivity index (χ2n) is 5.41. The molecule has 0 bridgehead atoms. The van der Waals surface area contributed by atoms with Crippen LogP contribution in [0.15, 0.2) is 30.3 Å². The smallest absolute Gasteiger partial charge is 0.239 e. The van der Waals surface area contributed by atoms with Crippen molar-refractivity contribution in [3.63, 3.8) is 0 Å². The van der Waals surface area contributed by atoms with Gasteiger partial charge >= 0.3 is 0 Å². The van der Waals surface area contributed by atoms with E-state index < -0.39 is 0 Å². The van der Waals surface area contributed by atoms with Crippen LogP contribution in [0.5, 0.6) is 0 Å². The molecule has 1 heterocycles. The fourth-order valence-electron chi connectivity index (χ4n) is 2.83. The van der Waals surface area contributed by atoms with Crippen molar-refractivity contribution in [2.24, 2.45) is 5.73 Å². The largest absolute Gasteiger partial charge is 0.341 e. The zero-order valence-corrected chi connectivity index (χ0v) is 11.7. The van der Waals surface area contributed by atoms with Gasteiger partial charge in [0.1, 0.15) is 0 Å². The number of hydrogen-bond donors (Lipinski definition) is 1.